The van der Waals surface area contributed by atoms with Crippen LogP contribution in [0.3, 0.4) is 0 Å². The zero-order valence-electron chi connectivity index (χ0n) is 6.82. The molecule has 0 heterocycles. The maximum atomic E-state index is 3.31. The van der Waals surface area contributed by atoms with E-state index in [-0.39, 0.29) is 0 Å². The summed E-state index contributed by atoms with van der Waals surface area (Å²) in [6.07, 6.45) is 0. The van der Waals surface area contributed by atoms with Crippen molar-refractivity contribution in [1.82, 2.24) is 0 Å². The Bertz CT molecular complexity index is 245. The summed E-state index contributed by atoms with van der Waals surface area (Å²) in [4.78, 5) is 0. The van der Waals surface area contributed by atoms with Crippen LogP contribution in [-0.2, 0) is 0 Å². The Hall–Kier alpha value is -0.250. The molecule has 0 saturated heterocycles. The fourth-order valence-corrected chi connectivity index (χ4v) is 1.49. The number of benzene rings is 1. The molecule has 0 spiro atoms. The van der Waals surface area contributed by atoms with Gasteiger partial charge < -0.3 is 5.32 Å². The first-order valence-corrected chi connectivity index (χ1v) is 4.82. The Morgan fingerprint density at radius 2 is 2.18 bits per heavy atom. The number of halogens is 1. The Morgan fingerprint density at radius 1 is 1.45 bits per heavy atom. The summed E-state index contributed by atoms with van der Waals surface area (Å²) in [7, 11) is 0. The highest BCUT2D eigenvalue weighted by molar-refractivity contribution is 14.1. The second kappa shape index (κ2) is 3.95. The van der Waals surface area contributed by atoms with Gasteiger partial charge in [0.25, 0.3) is 0 Å². The predicted molar refractivity (Wildman–Crippen MR) is 58.1 cm³/mol. The summed E-state index contributed by atoms with van der Waals surface area (Å²) in [5, 5.41) is 3.31. The van der Waals surface area contributed by atoms with Crippen molar-refractivity contribution >= 4 is 28.3 Å². The van der Waals surface area contributed by atoms with Gasteiger partial charge in [-0.15, -0.1) is 0 Å². The molecule has 1 rings (SSSR count). The fourth-order valence-electron chi connectivity index (χ4n) is 0.965. The first-order chi connectivity index (χ1) is 5.24. The molecule has 60 valence electrons. The number of anilines is 1. The van der Waals surface area contributed by atoms with Crippen LogP contribution in [0.15, 0.2) is 18.2 Å². The Balaban J connectivity index is 2.93. The molecular weight excluding hydrogens is 249 g/mol. The molecule has 0 aliphatic carbocycles. The average molecular weight is 261 g/mol. The molecule has 0 amide bonds. The van der Waals surface area contributed by atoms with Gasteiger partial charge in [-0.05, 0) is 54.1 Å². The van der Waals surface area contributed by atoms with Crippen molar-refractivity contribution in [2.75, 3.05) is 11.9 Å². The predicted octanol–water partition coefficient (Wildman–Crippen LogP) is 3.03. The van der Waals surface area contributed by atoms with Crippen LogP contribution in [0.25, 0.3) is 0 Å². The molecule has 2 heteroatoms. The number of hydrogen-bond acceptors (Lipinski definition) is 1. The third kappa shape index (κ3) is 2.36. The van der Waals surface area contributed by atoms with Crippen LogP contribution in [-0.4, -0.2) is 6.54 Å². The van der Waals surface area contributed by atoms with Gasteiger partial charge in [-0.2, -0.15) is 0 Å². The molecule has 0 atom stereocenters. The normalized spacial score (nSPS) is 9.73. The van der Waals surface area contributed by atoms with E-state index in [0.717, 1.165) is 6.54 Å². The van der Waals surface area contributed by atoms with Crippen molar-refractivity contribution in [2.24, 2.45) is 0 Å². The maximum absolute atomic E-state index is 3.31. The minimum atomic E-state index is 0.986. The van der Waals surface area contributed by atoms with E-state index in [1.54, 1.807) is 0 Å². The summed E-state index contributed by atoms with van der Waals surface area (Å²) in [6.45, 7) is 5.20. The second-order valence-electron chi connectivity index (χ2n) is 2.51. The number of aryl methyl sites for hydroxylation is 1. The molecule has 1 N–H and O–H groups in total. The van der Waals surface area contributed by atoms with Crippen LogP contribution in [0.4, 0.5) is 5.69 Å². The molecule has 0 fully saturated rings. The van der Waals surface area contributed by atoms with E-state index in [1.165, 1.54) is 14.8 Å². The number of nitrogens with one attached hydrogen (secondary N) is 1. The highest BCUT2D eigenvalue weighted by atomic mass is 127. The molecule has 11 heavy (non-hydrogen) atoms. The largest absolute Gasteiger partial charge is 0.384 e. The van der Waals surface area contributed by atoms with Gasteiger partial charge in [0, 0.05) is 15.8 Å². The van der Waals surface area contributed by atoms with Gasteiger partial charge in [-0.25, -0.2) is 0 Å². The Labute approximate surface area is 81.3 Å². The monoisotopic (exact) mass is 261 g/mol. The van der Waals surface area contributed by atoms with Gasteiger partial charge in [0.15, 0.2) is 0 Å². The van der Waals surface area contributed by atoms with E-state index >= 15 is 0 Å². The zero-order valence-corrected chi connectivity index (χ0v) is 8.97. The van der Waals surface area contributed by atoms with Crippen molar-refractivity contribution in [1.29, 1.82) is 0 Å². The van der Waals surface area contributed by atoms with E-state index in [1.807, 2.05) is 0 Å². The summed E-state index contributed by atoms with van der Waals surface area (Å²) < 4.78 is 1.29. The third-order valence-electron chi connectivity index (χ3n) is 1.49. The molecule has 0 aliphatic heterocycles. The average Bonchev–Trinajstić information content (AvgIpc) is 1.98. The van der Waals surface area contributed by atoms with Crippen LogP contribution in [0.5, 0.6) is 0 Å². The molecule has 0 aromatic heterocycles. The smallest absolute Gasteiger partial charge is 0.0478 e. The van der Waals surface area contributed by atoms with Gasteiger partial charge in [-0.3, -0.25) is 0 Å². The lowest BCUT2D eigenvalue weighted by molar-refractivity contribution is 1.20. The zero-order chi connectivity index (χ0) is 8.27. The molecule has 1 aromatic rings. The molecule has 0 saturated carbocycles. The first-order valence-electron chi connectivity index (χ1n) is 3.74. The molecule has 1 nitrogen and oxygen atoms in total. The standard InChI is InChI=1S/C9H12IN/c1-3-11-9-6-7(2)4-5-8(9)10/h4-6,11H,3H2,1-2H3. The molecule has 0 aliphatic rings. The van der Waals surface area contributed by atoms with Gasteiger partial charge in [0.2, 0.25) is 0 Å². The topological polar surface area (TPSA) is 12.0 Å². The van der Waals surface area contributed by atoms with Gasteiger partial charge in [-0.1, -0.05) is 6.07 Å². The van der Waals surface area contributed by atoms with Gasteiger partial charge in [0.1, 0.15) is 0 Å². The van der Waals surface area contributed by atoms with E-state index in [0.29, 0.717) is 0 Å². The lowest BCUT2D eigenvalue weighted by Gasteiger charge is -2.06. The van der Waals surface area contributed by atoms with E-state index < -0.39 is 0 Å². The van der Waals surface area contributed by atoms with E-state index in [2.05, 4.69) is 60.0 Å². The molecular formula is C9H12IN. The highest BCUT2D eigenvalue weighted by Crippen LogP contribution is 2.18. The maximum Gasteiger partial charge on any atom is 0.0478 e. The van der Waals surface area contributed by atoms with Gasteiger partial charge in [0.05, 0.1) is 0 Å². The summed E-state index contributed by atoms with van der Waals surface area (Å²) in [5.41, 5.74) is 2.55. The minimum Gasteiger partial charge on any atom is -0.384 e. The Morgan fingerprint density at radius 3 is 2.82 bits per heavy atom. The Kier molecular flexibility index (Phi) is 3.17. The van der Waals surface area contributed by atoms with E-state index in [9.17, 15) is 0 Å². The lowest BCUT2D eigenvalue weighted by Crippen LogP contribution is -1.98. The summed E-state index contributed by atoms with van der Waals surface area (Å²) in [6, 6.07) is 6.43. The second-order valence-corrected chi connectivity index (χ2v) is 3.68. The fraction of sp³-hybridized carbons (Fsp3) is 0.333. The van der Waals surface area contributed by atoms with Gasteiger partial charge >= 0.3 is 0 Å². The first kappa shape index (κ1) is 8.84. The van der Waals surface area contributed by atoms with Crippen molar-refractivity contribution in [3.63, 3.8) is 0 Å². The number of rotatable bonds is 2. The summed E-state index contributed by atoms with van der Waals surface area (Å²) >= 11 is 2.34. The van der Waals surface area contributed by atoms with Crippen molar-refractivity contribution < 1.29 is 0 Å². The summed E-state index contributed by atoms with van der Waals surface area (Å²) in [5.74, 6) is 0. The van der Waals surface area contributed by atoms with Crippen molar-refractivity contribution in [3.8, 4) is 0 Å². The van der Waals surface area contributed by atoms with Crippen molar-refractivity contribution in [3.05, 3.63) is 27.3 Å². The van der Waals surface area contributed by atoms with Crippen molar-refractivity contribution in [2.45, 2.75) is 13.8 Å². The highest BCUT2D eigenvalue weighted by Gasteiger charge is 1.96. The molecule has 0 bridgehead atoms. The molecule has 0 unspecified atom stereocenters. The third-order valence-corrected chi connectivity index (χ3v) is 2.43. The van der Waals surface area contributed by atoms with Crippen LogP contribution in [0, 0.1) is 10.5 Å². The molecule has 0 radical (unpaired) electrons. The van der Waals surface area contributed by atoms with E-state index in [4.69, 9.17) is 0 Å². The SMILES string of the molecule is CCNc1cc(C)ccc1I. The van der Waals surface area contributed by atoms with Crippen LogP contribution < -0.4 is 5.32 Å². The van der Waals surface area contributed by atoms with Crippen LogP contribution >= 0.6 is 22.6 Å². The number of hydrogen-bond donors (Lipinski definition) is 1. The molecule has 1 aromatic carbocycles. The quantitative estimate of drug-likeness (QED) is 0.807. The van der Waals surface area contributed by atoms with Crippen LogP contribution in [0.1, 0.15) is 12.5 Å². The van der Waals surface area contributed by atoms with Crippen LogP contribution in [0.2, 0.25) is 0 Å². The minimum absolute atomic E-state index is 0.986. The lowest BCUT2D eigenvalue weighted by atomic mass is 10.2.